The van der Waals surface area contributed by atoms with Gasteiger partial charge < -0.3 is 4.74 Å². The Hall–Kier alpha value is -1.37. The molecule has 0 bridgehead atoms. The van der Waals surface area contributed by atoms with E-state index < -0.39 is 5.92 Å². The number of ketones is 1. The summed E-state index contributed by atoms with van der Waals surface area (Å²) in [4.78, 5) is 12.1. The summed E-state index contributed by atoms with van der Waals surface area (Å²) in [6.45, 7) is 1.03. The van der Waals surface area contributed by atoms with Gasteiger partial charge in [-0.1, -0.05) is 23.7 Å². The first-order chi connectivity index (χ1) is 8.22. The van der Waals surface area contributed by atoms with Gasteiger partial charge in [0.15, 0.2) is 5.78 Å². The molecule has 88 valence electrons. The molecule has 1 aliphatic rings. The molecule has 0 saturated carbocycles. The van der Waals surface area contributed by atoms with Crippen LogP contribution in [0.4, 0.5) is 0 Å². The molecule has 2 atom stereocenters. The van der Waals surface area contributed by atoms with Crippen molar-refractivity contribution in [3.8, 4) is 6.07 Å². The van der Waals surface area contributed by atoms with E-state index in [0.717, 1.165) is 0 Å². The lowest BCUT2D eigenvalue weighted by Crippen LogP contribution is -2.21. The highest BCUT2D eigenvalue weighted by Crippen LogP contribution is 2.26. The first kappa shape index (κ1) is 12.1. The van der Waals surface area contributed by atoms with Crippen molar-refractivity contribution in [1.29, 1.82) is 5.26 Å². The van der Waals surface area contributed by atoms with Crippen LogP contribution >= 0.6 is 11.6 Å². The number of rotatable bonds is 3. The Kier molecular flexibility index (Phi) is 3.78. The van der Waals surface area contributed by atoms with Crippen LogP contribution < -0.4 is 0 Å². The zero-order chi connectivity index (χ0) is 12.3. The summed E-state index contributed by atoms with van der Waals surface area (Å²) in [5.74, 6) is -0.953. The molecule has 0 spiro atoms. The average molecular weight is 250 g/mol. The maximum atomic E-state index is 12.1. The molecule has 2 rings (SSSR count). The van der Waals surface area contributed by atoms with Gasteiger partial charge in [0, 0.05) is 17.5 Å². The van der Waals surface area contributed by atoms with Gasteiger partial charge in [-0.15, -0.1) is 0 Å². The van der Waals surface area contributed by atoms with Crippen LogP contribution in [0.3, 0.4) is 0 Å². The molecule has 0 radical (unpaired) electrons. The Balaban J connectivity index is 2.21. The number of hydrogen-bond donors (Lipinski definition) is 0. The van der Waals surface area contributed by atoms with Gasteiger partial charge in [-0.05, 0) is 24.1 Å². The number of carbonyl (C=O) groups is 1. The van der Waals surface area contributed by atoms with E-state index in [1.54, 1.807) is 24.3 Å². The number of benzene rings is 1. The van der Waals surface area contributed by atoms with Crippen molar-refractivity contribution in [1.82, 2.24) is 0 Å². The van der Waals surface area contributed by atoms with Crippen molar-refractivity contribution < 1.29 is 9.53 Å². The Labute approximate surface area is 105 Å². The number of nitrogens with zero attached hydrogens (tertiary/aromatic N) is 1. The first-order valence-electron chi connectivity index (χ1n) is 5.49. The fraction of sp³-hybridized carbons (Fsp3) is 0.385. The molecule has 2 unspecified atom stereocenters. The number of ether oxygens (including phenoxy) is 1. The monoisotopic (exact) mass is 249 g/mol. The van der Waals surface area contributed by atoms with E-state index in [1.165, 1.54) is 0 Å². The smallest absolute Gasteiger partial charge is 0.159 e. The first-order valence-corrected chi connectivity index (χ1v) is 5.86. The molecule has 1 aliphatic heterocycles. The maximum Gasteiger partial charge on any atom is 0.159 e. The fourth-order valence-corrected chi connectivity index (χ4v) is 2.18. The summed E-state index contributed by atoms with van der Waals surface area (Å²) in [7, 11) is 0. The van der Waals surface area contributed by atoms with Crippen LogP contribution in [0.15, 0.2) is 24.3 Å². The van der Waals surface area contributed by atoms with Gasteiger partial charge in [0.2, 0.25) is 0 Å². The van der Waals surface area contributed by atoms with Crippen LogP contribution in [0.2, 0.25) is 5.02 Å². The lowest BCUT2D eigenvalue weighted by molar-refractivity contribution is -0.123. The van der Waals surface area contributed by atoms with Gasteiger partial charge in [0.05, 0.1) is 12.7 Å². The number of Topliss-reactive ketones (excluding diaryl/α,β-unsaturated/α-hetero) is 1. The molecule has 1 aromatic carbocycles. The molecule has 4 heteroatoms. The Bertz CT molecular complexity index is 461. The SMILES string of the molecule is N#CC(C(=O)C1CCOC1)c1cccc(Cl)c1. The number of nitriles is 1. The number of halogens is 1. The van der Waals surface area contributed by atoms with E-state index in [2.05, 4.69) is 6.07 Å². The minimum atomic E-state index is -0.736. The lowest BCUT2D eigenvalue weighted by Gasteiger charge is -2.12. The Morgan fingerprint density at radius 1 is 1.59 bits per heavy atom. The summed E-state index contributed by atoms with van der Waals surface area (Å²) >= 11 is 5.86. The molecule has 0 amide bonds. The molecular formula is C13H12ClNO2. The fourth-order valence-electron chi connectivity index (χ4n) is 1.98. The molecule has 1 fully saturated rings. The molecule has 0 aliphatic carbocycles. The second-order valence-corrected chi connectivity index (χ2v) is 4.52. The van der Waals surface area contributed by atoms with E-state index in [0.29, 0.717) is 30.2 Å². The van der Waals surface area contributed by atoms with Crippen molar-refractivity contribution >= 4 is 17.4 Å². The summed E-state index contributed by atoms with van der Waals surface area (Å²) in [6, 6.07) is 8.96. The lowest BCUT2D eigenvalue weighted by atomic mass is 9.88. The number of hydrogen-bond acceptors (Lipinski definition) is 3. The van der Waals surface area contributed by atoms with E-state index in [9.17, 15) is 4.79 Å². The minimum Gasteiger partial charge on any atom is -0.381 e. The van der Waals surface area contributed by atoms with Gasteiger partial charge in [-0.25, -0.2) is 0 Å². The topological polar surface area (TPSA) is 50.1 Å². The van der Waals surface area contributed by atoms with Crippen molar-refractivity contribution in [2.75, 3.05) is 13.2 Å². The van der Waals surface area contributed by atoms with Crippen molar-refractivity contribution in [3.05, 3.63) is 34.9 Å². The van der Waals surface area contributed by atoms with E-state index in [1.807, 2.05) is 0 Å². The molecule has 3 nitrogen and oxygen atoms in total. The molecule has 0 N–H and O–H groups in total. The van der Waals surface area contributed by atoms with Crippen molar-refractivity contribution in [2.24, 2.45) is 5.92 Å². The predicted molar refractivity (Wildman–Crippen MR) is 63.7 cm³/mol. The third-order valence-electron chi connectivity index (χ3n) is 2.93. The third kappa shape index (κ3) is 2.66. The summed E-state index contributed by atoms with van der Waals surface area (Å²) in [6.07, 6.45) is 0.706. The summed E-state index contributed by atoms with van der Waals surface area (Å²) in [5.41, 5.74) is 0.664. The zero-order valence-corrected chi connectivity index (χ0v) is 9.98. The predicted octanol–water partition coefficient (Wildman–Crippen LogP) is 2.55. The van der Waals surface area contributed by atoms with Gasteiger partial charge >= 0.3 is 0 Å². The number of carbonyl (C=O) groups excluding carboxylic acids is 1. The molecular weight excluding hydrogens is 238 g/mol. The van der Waals surface area contributed by atoms with E-state index >= 15 is 0 Å². The molecule has 1 heterocycles. The van der Waals surface area contributed by atoms with Crippen LogP contribution in [0.5, 0.6) is 0 Å². The van der Waals surface area contributed by atoms with Crippen molar-refractivity contribution in [2.45, 2.75) is 12.3 Å². The van der Waals surface area contributed by atoms with Crippen LogP contribution in [0, 0.1) is 17.2 Å². The highest BCUT2D eigenvalue weighted by atomic mass is 35.5. The van der Waals surface area contributed by atoms with Gasteiger partial charge in [0.1, 0.15) is 5.92 Å². The Morgan fingerprint density at radius 2 is 2.41 bits per heavy atom. The molecule has 1 aromatic rings. The van der Waals surface area contributed by atoms with E-state index in [-0.39, 0.29) is 11.7 Å². The molecule has 0 aromatic heterocycles. The van der Waals surface area contributed by atoms with Crippen LogP contribution in [0.25, 0.3) is 0 Å². The molecule has 1 saturated heterocycles. The zero-order valence-electron chi connectivity index (χ0n) is 9.23. The van der Waals surface area contributed by atoms with Crippen LogP contribution in [-0.2, 0) is 9.53 Å². The second-order valence-electron chi connectivity index (χ2n) is 4.08. The third-order valence-corrected chi connectivity index (χ3v) is 3.16. The van der Waals surface area contributed by atoms with Gasteiger partial charge in [0.25, 0.3) is 0 Å². The van der Waals surface area contributed by atoms with Gasteiger partial charge in [-0.3, -0.25) is 4.79 Å². The highest BCUT2D eigenvalue weighted by Gasteiger charge is 2.30. The second kappa shape index (κ2) is 5.31. The normalized spacial score (nSPS) is 20.8. The average Bonchev–Trinajstić information content (AvgIpc) is 2.83. The van der Waals surface area contributed by atoms with E-state index in [4.69, 9.17) is 21.6 Å². The minimum absolute atomic E-state index is 0.0627. The van der Waals surface area contributed by atoms with Crippen LogP contribution in [0.1, 0.15) is 17.9 Å². The Morgan fingerprint density at radius 3 is 3.00 bits per heavy atom. The maximum absolute atomic E-state index is 12.1. The highest BCUT2D eigenvalue weighted by molar-refractivity contribution is 6.30. The van der Waals surface area contributed by atoms with Crippen molar-refractivity contribution in [3.63, 3.8) is 0 Å². The summed E-state index contributed by atoms with van der Waals surface area (Å²) < 4.78 is 5.18. The van der Waals surface area contributed by atoms with Gasteiger partial charge in [-0.2, -0.15) is 5.26 Å². The molecule has 17 heavy (non-hydrogen) atoms. The summed E-state index contributed by atoms with van der Waals surface area (Å²) in [5, 5.41) is 9.69. The van der Waals surface area contributed by atoms with Crippen LogP contribution in [-0.4, -0.2) is 19.0 Å². The largest absolute Gasteiger partial charge is 0.381 e. The standard InChI is InChI=1S/C13H12ClNO2/c14-11-3-1-2-9(6-11)12(7-15)13(16)10-4-5-17-8-10/h1-3,6,10,12H,4-5,8H2. The quantitative estimate of drug-likeness (QED) is 0.827.